The molecule has 4 rings (SSSR count). The number of hydrogen-bond acceptors (Lipinski definition) is 2. The van der Waals surface area contributed by atoms with E-state index in [1.54, 1.807) is 6.08 Å². The van der Waals surface area contributed by atoms with Crippen molar-refractivity contribution in [2.45, 2.75) is 20.8 Å². The number of fused-ring (bicyclic) bond motifs is 1. The van der Waals surface area contributed by atoms with E-state index in [2.05, 4.69) is 34.1 Å². The Morgan fingerprint density at radius 2 is 1.68 bits per heavy atom. The van der Waals surface area contributed by atoms with Gasteiger partial charge in [0.2, 0.25) is 0 Å². The lowest BCUT2D eigenvalue weighted by atomic mass is 10.1. The van der Waals surface area contributed by atoms with E-state index in [4.69, 9.17) is 0 Å². The predicted molar refractivity (Wildman–Crippen MR) is 126 cm³/mol. The number of hydrogen-bond donors (Lipinski definition) is 1. The number of aromatic nitrogens is 1. The summed E-state index contributed by atoms with van der Waals surface area (Å²) in [4.78, 5) is 12.7. The fourth-order valence-electron chi connectivity index (χ4n) is 3.85. The number of aryl methyl sites for hydroxylation is 2. The Balaban J connectivity index is 1.72. The van der Waals surface area contributed by atoms with Crippen molar-refractivity contribution in [1.82, 2.24) is 4.57 Å². The van der Waals surface area contributed by atoms with Gasteiger partial charge in [-0.2, -0.15) is 5.26 Å². The maximum atomic E-state index is 12.7. The standard InChI is InChI=1S/C27H23N3O/c1-18-11-13-24(14-12-18)29-27(31)23(17-28)16-22-15-19(2)30(20(22)3)26-10-6-8-21-7-4-5-9-25(21)26/h4-16H,1-3H3,(H,29,31)/b23-16-. The van der Waals surface area contributed by atoms with Crippen LogP contribution in [0, 0.1) is 32.1 Å². The van der Waals surface area contributed by atoms with Crippen LogP contribution in [0.25, 0.3) is 22.5 Å². The van der Waals surface area contributed by atoms with Crippen molar-refractivity contribution in [3.63, 3.8) is 0 Å². The number of carbonyl (C=O) groups excluding carboxylic acids is 1. The molecule has 0 spiro atoms. The van der Waals surface area contributed by atoms with Gasteiger partial charge in [-0.1, -0.05) is 54.1 Å². The van der Waals surface area contributed by atoms with Crippen LogP contribution in [0.1, 0.15) is 22.5 Å². The number of anilines is 1. The second-order valence-electron chi connectivity index (χ2n) is 7.65. The van der Waals surface area contributed by atoms with Gasteiger partial charge in [0.1, 0.15) is 11.6 Å². The van der Waals surface area contributed by atoms with Crippen LogP contribution in [0.4, 0.5) is 5.69 Å². The van der Waals surface area contributed by atoms with E-state index < -0.39 is 5.91 Å². The predicted octanol–water partition coefficient (Wildman–Crippen LogP) is 6.10. The monoisotopic (exact) mass is 405 g/mol. The first-order valence-electron chi connectivity index (χ1n) is 10.1. The Morgan fingerprint density at radius 3 is 2.42 bits per heavy atom. The number of benzene rings is 3. The van der Waals surface area contributed by atoms with Crippen LogP contribution in [-0.4, -0.2) is 10.5 Å². The fourth-order valence-corrected chi connectivity index (χ4v) is 3.85. The molecule has 0 aliphatic rings. The molecule has 152 valence electrons. The van der Waals surface area contributed by atoms with Crippen molar-refractivity contribution < 1.29 is 4.79 Å². The van der Waals surface area contributed by atoms with E-state index >= 15 is 0 Å². The topological polar surface area (TPSA) is 57.8 Å². The molecule has 4 aromatic rings. The van der Waals surface area contributed by atoms with E-state index in [0.717, 1.165) is 33.6 Å². The van der Waals surface area contributed by atoms with Crippen LogP contribution < -0.4 is 5.32 Å². The van der Waals surface area contributed by atoms with Crippen molar-refractivity contribution in [3.8, 4) is 11.8 Å². The Morgan fingerprint density at radius 1 is 0.968 bits per heavy atom. The number of nitriles is 1. The third-order valence-electron chi connectivity index (χ3n) is 5.45. The molecule has 0 bridgehead atoms. The highest BCUT2D eigenvalue weighted by Gasteiger charge is 2.15. The molecule has 31 heavy (non-hydrogen) atoms. The first-order valence-corrected chi connectivity index (χ1v) is 10.1. The zero-order chi connectivity index (χ0) is 22.0. The molecule has 0 unspecified atom stereocenters. The minimum atomic E-state index is -0.415. The van der Waals surface area contributed by atoms with Crippen LogP contribution in [0.3, 0.4) is 0 Å². The molecular weight excluding hydrogens is 382 g/mol. The zero-order valence-corrected chi connectivity index (χ0v) is 17.8. The third-order valence-corrected chi connectivity index (χ3v) is 5.45. The summed E-state index contributed by atoms with van der Waals surface area (Å²) in [5, 5.41) is 14.7. The van der Waals surface area contributed by atoms with Gasteiger partial charge in [-0.25, -0.2) is 0 Å². The smallest absolute Gasteiger partial charge is 0.266 e. The average molecular weight is 406 g/mol. The first kappa shape index (κ1) is 20.2. The van der Waals surface area contributed by atoms with Gasteiger partial charge in [-0.15, -0.1) is 0 Å². The molecule has 1 aromatic heterocycles. The molecule has 0 saturated carbocycles. The summed E-state index contributed by atoms with van der Waals surface area (Å²) in [6.45, 7) is 6.02. The number of carbonyl (C=O) groups is 1. The molecule has 3 aromatic carbocycles. The summed E-state index contributed by atoms with van der Waals surface area (Å²) in [7, 11) is 0. The van der Waals surface area contributed by atoms with Crippen LogP contribution in [0.15, 0.2) is 78.4 Å². The van der Waals surface area contributed by atoms with Gasteiger partial charge in [-0.05, 0) is 62.1 Å². The highest BCUT2D eigenvalue weighted by Crippen LogP contribution is 2.28. The maximum Gasteiger partial charge on any atom is 0.266 e. The summed E-state index contributed by atoms with van der Waals surface area (Å²) in [5.41, 5.74) is 5.78. The lowest BCUT2D eigenvalue weighted by molar-refractivity contribution is -0.112. The molecular formula is C27H23N3O. The Bertz CT molecular complexity index is 1350. The number of amides is 1. The van der Waals surface area contributed by atoms with Gasteiger partial charge in [0.25, 0.3) is 5.91 Å². The van der Waals surface area contributed by atoms with Gasteiger partial charge in [-0.3, -0.25) is 4.79 Å². The highest BCUT2D eigenvalue weighted by atomic mass is 16.1. The van der Waals surface area contributed by atoms with E-state index in [9.17, 15) is 10.1 Å². The molecule has 4 nitrogen and oxygen atoms in total. The zero-order valence-electron chi connectivity index (χ0n) is 17.8. The van der Waals surface area contributed by atoms with E-state index in [-0.39, 0.29) is 5.57 Å². The second kappa shape index (κ2) is 8.33. The normalized spacial score (nSPS) is 11.4. The minimum Gasteiger partial charge on any atom is -0.321 e. The van der Waals surface area contributed by atoms with Gasteiger partial charge < -0.3 is 9.88 Å². The Hall–Kier alpha value is -4.10. The Kier molecular flexibility index (Phi) is 5.43. The lowest BCUT2D eigenvalue weighted by Gasteiger charge is -2.13. The van der Waals surface area contributed by atoms with E-state index in [1.165, 1.54) is 5.39 Å². The largest absolute Gasteiger partial charge is 0.321 e. The number of nitrogens with zero attached hydrogens (tertiary/aromatic N) is 2. The van der Waals surface area contributed by atoms with E-state index in [0.29, 0.717) is 5.69 Å². The fraction of sp³-hybridized carbons (Fsp3) is 0.111. The lowest BCUT2D eigenvalue weighted by Crippen LogP contribution is -2.13. The molecule has 4 heteroatoms. The van der Waals surface area contributed by atoms with Crippen LogP contribution in [0.2, 0.25) is 0 Å². The minimum absolute atomic E-state index is 0.0683. The summed E-state index contributed by atoms with van der Waals surface area (Å²) >= 11 is 0. The first-order chi connectivity index (χ1) is 15.0. The highest BCUT2D eigenvalue weighted by molar-refractivity contribution is 6.09. The number of nitrogens with one attached hydrogen (secondary N) is 1. The van der Waals surface area contributed by atoms with Crippen molar-refractivity contribution in [1.29, 1.82) is 5.26 Å². The molecule has 1 heterocycles. The SMILES string of the molecule is Cc1ccc(NC(=O)/C(C#N)=C\c2cc(C)n(-c3cccc4ccccc34)c2C)cc1. The molecule has 0 radical (unpaired) electrons. The summed E-state index contributed by atoms with van der Waals surface area (Å²) < 4.78 is 2.17. The summed E-state index contributed by atoms with van der Waals surface area (Å²) in [5.74, 6) is -0.415. The average Bonchev–Trinajstić information content (AvgIpc) is 3.05. The van der Waals surface area contributed by atoms with Crippen LogP contribution >= 0.6 is 0 Å². The van der Waals surface area contributed by atoms with Crippen molar-refractivity contribution in [2.75, 3.05) is 5.32 Å². The Labute approximate surface area is 182 Å². The second-order valence-corrected chi connectivity index (χ2v) is 7.65. The molecule has 0 saturated heterocycles. The van der Waals surface area contributed by atoms with Crippen LogP contribution in [-0.2, 0) is 4.79 Å². The summed E-state index contributed by atoms with van der Waals surface area (Å²) in [6.07, 6.45) is 1.66. The van der Waals surface area contributed by atoms with Gasteiger partial charge >= 0.3 is 0 Å². The van der Waals surface area contributed by atoms with Gasteiger partial charge in [0.05, 0.1) is 5.69 Å². The third kappa shape index (κ3) is 3.99. The van der Waals surface area contributed by atoms with Gasteiger partial charge in [0, 0.05) is 22.5 Å². The number of rotatable bonds is 4. The van der Waals surface area contributed by atoms with Crippen LogP contribution in [0.5, 0.6) is 0 Å². The van der Waals surface area contributed by atoms with Gasteiger partial charge in [0.15, 0.2) is 0 Å². The molecule has 0 aliphatic carbocycles. The quantitative estimate of drug-likeness (QED) is 0.329. The van der Waals surface area contributed by atoms with Crippen molar-refractivity contribution in [2.24, 2.45) is 0 Å². The van der Waals surface area contributed by atoms with E-state index in [1.807, 2.05) is 75.4 Å². The molecule has 0 aliphatic heterocycles. The summed E-state index contributed by atoms with van der Waals surface area (Å²) in [6, 6.07) is 26.0. The molecule has 1 N–H and O–H groups in total. The molecule has 1 amide bonds. The maximum absolute atomic E-state index is 12.7. The van der Waals surface area contributed by atoms with Crippen molar-refractivity contribution in [3.05, 3.63) is 101 Å². The molecule has 0 fully saturated rings. The van der Waals surface area contributed by atoms with Crippen molar-refractivity contribution >= 4 is 28.4 Å². The molecule has 0 atom stereocenters.